The van der Waals surface area contributed by atoms with Gasteiger partial charge in [-0.15, -0.1) is 0 Å². The molecule has 5 rings (SSSR count). The van der Waals surface area contributed by atoms with Crippen molar-refractivity contribution in [3.63, 3.8) is 0 Å². The molecule has 0 aliphatic carbocycles. The van der Waals surface area contributed by atoms with Gasteiger partial charge in [0.2, 0.25) is 11.8 Å². The maximum absolute atomic E-state index is 13.4. The monoisotopic (exact) mass is 478 g/mol. The van der Waals surface area contributed by atoms with Crippen molar-refractivity contribution in [3.05, 3.63) is 86.0 Å². The number of fused-ring (bicyclic) bond motifs is 5. The summed E-state index contributed by atoms with van der Waals surface area (Å²) >= 11 is 0. The number of benzene rings is 2. The highest BCUT2D eigenvalue weighted by Gasteiger charge is 2.67. The molecule has 2 fully saturated rings. The van der Waals surface area contributed by atoms with Gasteiger partial charge in [0.05, 0.1) is 51.6 Å². The number of hydrogen-bond acceptors (Lipinski definition) is 8. The van der Waals surface area contributed by atoms with Crippen LogP contribution >= 0.6 is 0 Å². The zero-order valence-electron chi connectivity index (χ0n) is 18.2. The third kappa shape index (κ3) is 3.46. The molecule has 12 nitrogen and oxygen atoms in total. The Labute approximate surface area is 197 Å². The number of rotatable bonds is 6. The standard InChI is InChI=1S/C23H18N4O8/c1-12-2-4-14(5-3-12)25-21(29)18-17-6-7-23(35-17,19(18)22(25)30)11-24-20(28)13-8-15(26(31)32)10-16(9-13)27(33)34/h2-10,17-19H,11H2,1H3,(H,24,28)/t17-,18-,19+,23+/m1/s1. The van der Waals surface area contributed by atoms with E-state index in [1.165, 1.54) is 0 Å². The maximum atomic E-state index is 13.4. The van der Waals surface area contributed by atoms with Gasteiger partial charge in [-0.05, 0) is 19.1 Å². The number of nitro groups is 2. The van der Waals surface area contributed by atoms with E-state index in [0.29, 0.717) is 5.69 Å². The summed E-state index contributed by atoms with van der Waals surface area (Å²) < 4.78 is 5.97. The number of imide groups is 1. The zero-order valence-corrected chi connectivity index (χ0v) is 18.2. The number of non-ortho nitro benzene ring substituents is 2. The second-order valence-electron chi connectivity index (χ2n) is 8.68. The van der Waals surface area contributed by atoms with Gasteiger partial charge < -0.3 is 10.1 Å². The third-order valence-corrected chi connectivity index (χ3v) is 6.56. The minimum Gasteiger partial charge on any atom is -0.360 e. The predicted molar refractivity (Wildman–Crippen MR) is 119 cm³/mol. The largest absolute Gasteiger partial charge is 0.360 e. The Morgan fingerprint density at radius 1 is 1.06 bits per heavy atom. The summed E-state index contributed by atoms with van der Waals surface area (Å²) in [6, 6.07) is 9.57. The van der Waals surface area contributed by atoms with Crippen LogP contribution in [-0.4, -0.2) is 45.8 Å². The number of amides is 3. The highest BCUT2D eigenvalue weighted by atomic mass is 16.6. The van der Waals surface area contributed by atoms with Crippen molar-refractivity contribution in [2.75, 3.05) is 11.4 Å². The van der Waals surface area contributed by atoms with Gasteiger partial charge in [0.1, 0.15) is 5.60 Å². The van der Waals surface area contributed by atoms with Crippen LogP contribution in [0.3, 0.4) is 0 Å². The molecule has 2 saturated heterocycles. The summed E-state index contributed by atoms with van der Waals surface area (Å²) in [7, 11) is 0. The Balaban J connectivity index is 1.39. The Bertz CT molecular complexity index is 1310. The minimum absolute atomic E-state index is 0.211. The Morgan fingerprint density at radius 3 is 2.29 bits per heavy atom. The van der Waals surface area contributed by atoms with Crippen LogP contribution in [0.5, 0.6) is 0 Å². The number of aryl methyl sites for hydroxylation is 1. The van der Waals surface area contributed by atoms with E-state index in [1.54, 1.807) is 36.4 Å². The van der Waals surface area contributed by atoms with E-state index < -0.39 is 56.6 Å². The van der Waals surface area contributed by atoms with E-state index in [4.69, 9.17) is 4.74 Å². The van der Waals surface area contributed by atoms with Crippen LogP contribution in [-0.2, 0) is 14.3 Å². The van der Waals surface area contributed by atoms with Crippen LogP contribution < -0.4 is 10.2 Å². The third-order valence-electron chi connectivity index (χ3n) is 6.56. The molecule has 0 saturated carbocycles. The van der Waals surface area contributed by atoms with Crippen LogP contribution in [0, 0.1) is 39.0 Å². The van der Waals surface area contributed by atoms with Gasteiger partial charge >= 0.3 is 0 Å². The average Bonchev–Trinajstić information content (AvgIpc) is 3.48. The molecule has 2 bridgehead atoms. The minimum atomic E-state index is -1.29. The molecule has 12 heteroatoms. The molecule has 3 amide bonds. The van der Waals surface area contributed by atoms with E-state index in [1.807, 2.05) is 6.92 Å². The van der Waals surface area contributed by atoms with Gasteiger partial charge in [-0.25, -0.2) is 4.90 Å². The summed E-state index contributed by atoms with van der Waals surface area (Å²) in [5.74, 6) is -3.27. The second-order valence-corrected chi connectivity index (χ2v) is 8.68. The number of ether oxygens (including phenoxy) is 1. The van der Waals surface area contributed by atoms with Crippen molar-refractivity contribution in [2.24, 2.45) is 11.8 Å². The SMILES string of the molecule is Cc1ccc(N2C(=O)[C@H]3[C@@H](C2=O)[C@@]2(CNC(=O)c4cc([N+](=O)[O-])cc([N+](=O)[O-])c4)C=C[C@H]3O2)cc1. The Morgan fingerprint density at radius 2 is 1.69 bits per heavy atom. The molecule has 178 valence electrons. The fourth-order valence-electron chi connectivity index (χ4n) is 4.91. The average molecular weight is 478 g/mol. The van der Waals surface area contributed by atoms with Crippen molar-refractivity contribution in [1.29, 1.82) is 0 Å². The summed E-state index contributed by atoms with van der Waals surface area (Å²) in [6.07, 6.45) is 2.68. The van der Waals surface area contributed by atoms with Crippen LogP contribution in [0.1, 0.15) is 15.9 Å². The quantitative estimate of drug-likeness (QED) is 0.285. The lowest BCUT2D eigenvalue weighted by Crippen LogP contribution is -2.48. The molecule has 35 heavy (non-hydrogen) atoms. The van der Waals surface area contributed by atoms with Crippen LogP contribution in [0.4, 0.5) is 17.1 Å². The molecule has 0 radical (unpaired) electrons. The molecule has 1 N–H and O–H groups in total. The number of nitrogens with zero attached hydrogens (tertiary/aromatic N) is 3. The first-order valence-corrected chi connectivity index (χ1v) is 10.6. The molecule has 2 aromatic rings. The zero-order chi connectivity index (χ0) is 25.1. The van der Waals surface area contributed by atoms with Crippen LogP contribution in [0.15, 0.2) is 54.6 Å². The van der Waals surface area contributed by atoms with Crippen molar-refractivity contribution in [3.8, 4) is 0 Å². The molecule has 2 aromatic carbocycles. The van der Waals surface area contributed by atoms with E-state index in [-0.39, 0.29) is 18.0 Å². The number of nitro benzene ring substituents is 2. The summed E-state index contributed by atoms with van der Waals surface area (Å²) in [5.41, 5.74) is -1.37. The predicted octanol–water partition coefficient (Wildman–Crippen LogP) is 2.05. The first-order valence-electron chi connectivity index (χ1n) is 10.6. The van der Waals surface area contributed by atoms with Gasteiger partial charge in [0.15, 0.2) is 0 Å². The van der Waals surface area contributed by atoms with Crippen molar-refractivity contribution < 1.29 is 29.0 Å². The Kier molecular flexibility index (Phi) is 4.98. The van der Waals surface area contributed by atoms with E-state index in [2.05, 4.69) is 5.32 Å². The maximum Gasteiger partial charge on any atom is 0.277 e. The normalized spacial score (nSPS) is 26.2. The molecule has 3 aliphatic heterocycles. The number of anilines is 1. The lowest BCUT2D eigenvalue weighted by molar-refractivity contribution is -0.394. The van der Waals surface area contributed by atoms with E-state index in [0.717, 1.165) is 28.7 Å². The fourth-order valence-corrected chi connectivity index (χ4v) is 4.91. The lowest BCUT2D eigenvalue weighted by Gasteiger charge is -2.29. The Hall–Kier alpha value is -4.45. The molecular weight excluding hydrogens is 460 g/mol. The molecule has 3 aliphatic rings. The number of hydrogen-bond donors (Lipinski definition) is 1. The molecular formula is C23H18N4O8. The molecule has 3 heterocycles. The smallest absolute Gasteiger partial charge is 0.277 e. The number of carbonyl (C=O) groups is 3. The van der Waals surface area contributed by atoms with Crippen molar-refractivity contribution >= 4 is 34.8 Å². The van der Waals surface area contributed by atoms with Gasteiger partial charge in [-0.2, -0.15) is 0 Å². The fraction of sp³-hybridized carbons (Fsp3) is 0.261. The summed E-state index contributed by atoms with van der Waals surface area (Å²) in [5, 5.41) is 24.8. The van der Waals surface area contributed by atoms with Gasteiger partial charge in [-0.1, -0.05) is 29.8 Å². The van der Waals surface area contributed by atoms with Crippen molar-refractivity contribution in [2.45, 2.75) is 18.6 Å². The van der Waals surface area contributed by atoms with Crippen LogP contribution in [0.25, 0.3) is 0 Å². The second kappa shape index (κ2) is 7.81. The molecule has 4 atom stereocenters. The highest BCUT2D eigenvalue weighted by Crippen LogP contribution is 2.52. The lowest BCUT2D eigenvalue weighted by atomic mass is 9.77. The summed E-state index contributed by atoms with van der Waals surface area (Å²) in [6.45, 7) is 1.68. The first kappa shape index (κ1) is 22.3. The molecule has 0 spiro atoms. The number of carbonyl (C=O) groups excluding carboxylic acids is 3. The van der Waals surface area contributed by atoms with Gasteiger partial charge in [0.25, 0.3) is 17.3 Å². The van der Waals surface area contributed by atoms with Crippen molar-refractivity contribution in [1.82, 2.24) is 5.32 Å². The van der Waals surface area contributed by atoms with Crippen LogP contribution in [0.2, 0.25) is 0 Å². The first-order chi connectivity index (χ1) is 16.6. The van der Waals surface area contributed by atoms with Gasteiger partial charge in [-0.3, -0.25) is 34.6 Å². The van der Waals surface area contributed by atoms with Gasteiger partial charge in [0, 0.05) is 12.1 Å². The number of nitrogens with one attached hydrogen (secondary N) is 1. The summed E-state index contributed by atoms with van der Waals surface area (Å²) in [4.78, 5) is 61.0. The van der Waals surface area contributed by atoms with E-state index >= 15 is 0 Å². The molecule has 0 unspecified atom stereocenters. The van der Waals surface area contributed by atoms with E-state index in [9.17, 15) is 34.6 Å². The highest BCUT2D eigenvalue weighted by molar-refractivity contribution is 6.23. The molecule has 0 aromatic heterocycles. The topological polar surface area (TPSA) is 162 Å².